The molecular formula is C14H10Cl2O3. The van der Waals surface area contributed by atoms with E-state index >= 15 is 0 Å². The van der Waals surface area contributed by atoms with Crippen molar-refractivity contribution in [1.82, 2.24) is 0 Å². The Bertz CT molecular complexity index is 646. The molecule has 0 spiro atoms. The molecule has 0 unspecified atom stereocenters. The van der Waals surface area contributed by atoms with E-state index in [0.717, 1.165) is 0 Å². The monoisotopic (exact) mass is 296 g/mol. The van der Waals surface area contributed by atoms with E-state index in [0.29, 0.717) is 5.56 Å². The summed E-state index contributed by atoms with van der Waals surface area (Å²) in [6.45, 7) is 1.65. The molecule has 0 atom stereocenters. The highest BCUT2D eigenvalue weighted by Crippen LogP contribution is 2.32. The van der Waals surface area contributed by atoms with Gasteiger partial charge in [-0.05, 0) is 36.8 Å². The molecule has 0 saturated carbocycles. The standard InChI is InChI=1S/C14H10Cl2O3/c1-7-5-11(17)12(18)6-8(7)14(19)13-9(15)3-2-4-10(13)16/h2-6,17-18H,1H3. The van der Waals surface area contributed by atoms with Gasteiger partial charge >= 0.3 is 0 Å². The van der Waals surface area contributed by atoms with E-state index in [9.17, 15) is 15.0 Å². The number of hydrogen-bond acceptors (Lipinski definition) is 3. The van der Waals surface area contributed by atoms with Crippen LogP contribution >= 0.6 is 23.2 Å². The van der Waals surface area contributed by atoms with Crippen molar-refractivity contribution in [3.05, 3.63) is 57.1 Å². The highest BCUT2D eigenvalue weighted by Gasteiger charge is 2.19. The van der Waals surface area contributed by atoms with Gasteiger partial charge in [0.25, 0.3) is 0 Å². The van der Waals surface area contributed by atoms with Gasteiger partial charge in [0, 0.05) is 5.56 Å². The lowest BCUT2D eigenvalue weighted by molar-refractivity contribution is 0.103. The summed E-state index contributed by atoms with van der Waals surface area (Å²) in [7, 11) is 0. The first kappa shape index (κ1) is 13.7. The molecule has 0 aliphatic heterocycles. The molecule has 2 rings (SSSR count). The Hall–Kier alpha value is -1.71. The Morgan fingerprint density at radius 1 is 1.05 bits per heavy atom. The smallest absolute Gasteiger partial charge is 0.196 e. The summed E-state index contributed by atoms with van der Waals surface area (Å²) in [4.78, 5) is 12.4. The number of carbonyl (C=O) groups is 1. The molecule has 0 heterocycles. The SMILES string of the molecule is Cc1cc(O)c(O)cc1C(=O)c1c(Cl)cccc1Cl. The van der Waals surface area contributed by atoms with E-state index in [1.807, 2.05) is 0 Å². The third-order valence-electron chi connectivity index (χ3n) is 2.76. The average Bonchev–Trinajstić information content (AvgIpc) is 2.33. The Morgan fingerprint density at radius 3 is 2.16 bits per heavy atom. The molecule has 2 aromatic carbocycles. The van der Waals surface area contributed by atoms with Gasteiger partial charge in [0.1, 0.15) is 0 Å². The topological polar surface area (TPSA) is 57.5 Å². The van der Waals surface area contributed by atoms with Gasteiger partial charge in [0.15, 0.2) is 17.3 Å². The van der Waals surface area contributed by atoms with Crippen molar-refractivity contribution in [2.24, 2.45) is 0 Å². The molecular weight excluding hydrogens is 287 g/mol. The Balaban J connectivity index is 2.60. The fourth-order valence-electron chi connectivity index (χ4n) is 1.78. The summed E-state index contributed by atoms with van der Waals surface area (Å²) in [6.07, 6.45) is 0. The van der Waals surface area contributed by atoms with Gasteiger partial charge in [-0.1, -0.05) is 29.3 Å². The van der Waals surface area contributed by atoms with E-state index < -0.39 is 5.78 Å². The molecule has 0 amide bonds. The summed E-state index contributed by atoms with van der Waals surface area (Å²) >= 11 is 12.0. The first-order valence-corrected chi connectivity index (χ1v) is 6.18. The predicted octanol–water partition coefficient (Wildman–Crippen LogP) is 3.94. The second-order valence-corrected chi connectivity index (χ2v) is 4.90. The number of aromatic hydroxyl groups is 2. The molecule has 0 aromatic heterocycles. The van der Waals surface area contributed by atoms with Crippen LogP contribution in [0, 0.1) is 6.92 Å². The van der Waals surface area contributed by atoms with Gasteiger partial charge in [-0.25, -0.2) is 0 Å². The maximum absolute atomic E-state index is 12.4. The molecule has 0 aliphatic carbocycles. The maximum atomic E-state index is 12.4. The molecule has 0 bridgehead atoms. The highest BCUT2D eigenvalue weighted by atomic mass is 35.5. The summed E-state index contributed by atoms with van der Waals surface area (Å²) in [5.41, 5.74) is 0.945. The third-order valence-corrected chi connectivity index (χ3v) is 3.39. The Labute approximate surface area is 120 Å². The van der Waals surface area contributed by atoms with Gasteiger partial charge in [0.2, 0.25) is 0 Å². The summed E-state index contributed by atoms with van der Waals surface area (Å²) in [5.74, 6) is -1.04. The molecule has 98 valence electrons. The van der Waals surface area contributed by atoms with E-state index in [1.54, 1.807) is 25.1 Å². The quantitative estimate of drug-likeness (QED) is 0.652. The van der Waals surface area contributed by atoms with E-state index in [-0.39, 0.29) is 32.7 Å². The summed E-state index contributed by atoms with van der Waals surface area (Å²) in [6, 6.07) is 7.29. The van der Waals surface area contributed by atoms with Crippen LogP contribution in [0.5, 0.6) is 11.5 Å². The van der Waals surface area contributed by atoms with Crippen LogP contribution in [-0.4, -0.2) is 16.0 Å². The molecule has 0 fully saturated rings. The van der Waals surface area contributed by atoms with Crippen molar-refractivity contribution in [2.75, 3.05) is 0 Å². The molecule has 0 radical (unpaired) electrons. The molecule has 3 nitrogen and oxygen atoms in total. The van der Waals surface area contributed by atoms with Crippen molar-refractivity contribution in [3.63, 3.8) is 0 Å². The van der Waals surface area contributed by atoms with E-state index in [2.05, 4.69) is 0 Å². The van der Waals surface area contributed by atoms with Crippen LogP contribution in [0.4, 0.5) is 0 Å². The lowest BCUT2D eigenvalue weighted by atomic mass is 9.98. The minimum absolute atomic E-state index is 0.180. The molecule has 0 saturated heterocycles. The number of hydrogen-bond donors (Lipinski definition) is 2. The van der Waals surface area contributed by atoms with Crippen molar-refractivity contribution >= 4 is 29.0 Å². The van der Waals surface area contributed by atoms with Crippen LogP contribution in [0.25, 0.3) is 0 Å². The second-order valence-electron chi connectivity index (χ2n) is 4.08. The average molecular weight is 297 g/mol. The van der Waals surface area contributed by atoms with Gasteiger partial charge in [-0.3, -0.25) is 4.79 Å². The van der Waals surface area contributed by atoms with Gasteiger partial charge in [-0.2, -0.15) is 0 Å². The first-order valence-electron chi connectivity index (χ1n) is 5.43. The van der Waals surface area contributed by atoms with Crippen LogP contribution in [0.3, 0.4) is 0 Å². The fraction of sp³-hybridized carbons (Fsp3) is 0.0714. The normalized spacial score (nSPS) is 10.5. The van der Waals surface area contributed by atoms with Crippen LogP contribution in [0.15, 0.2) is 30.3 Å². The minimum atomic E-state index is -0.400. The number of aryl methyl sites for hydroxylation is 1. The summed E-state index contributed by atoms with van der Waals surface area (Å²) in [5, 5.41) is 19.3. The lowest BCUT2D eigenvalue weighted by Crippen LogP contribution is -2.05. The molecule has 2 aromatic rings. The van der Waals surface area contributed by atoms with Gasteiger partial charge < -0.3 is 10.2 Å². The van der Waals surface area contributed by atoms with Crippen molar-refractivity contribution in [1.29, 1.82) is 0 Å². The van der Waals surface area contributed by atoms with Crippen molar-refractivity contribution in [2.45, 2.75) is 6.92 Å². The van der Waals surface area contributed by atoms with E-state index in [1.165, 1.54) is 12.1 Å². The zero-order valence-corrected chi connectivity index (χ0v) is 11.5. The van der Waals surface area contributed by atoms with Crippen LogP contribution in [-0.2, 0) is 0 Å². The number of carbonyl (C=O) groups excluding carboxylic acids is 1. The largest absolute Gasteiger partial charge is 0.504 e. The molecule has 0 aliphatic rings. The number of ketones is 1. The zero-order valence-electron chi connectivity index (χ0n) is 9.95. The highest BCUT2D eigenvalue weighted by molar-refractivity contribution is 6.41. The number of benzene rings is 2. The summed E-state index contributed by atoms with van der Waals surface area (Å²) < 4.78 is 0. The van der Waals surface area contributed by atoms with Gasteiger partial charge in [-0.15, -0.1) is 0 Å². The van der Waals surface area contributed by atoms with Crippen LogP contribution in [0.2, 0.25) is 10.0 Å². The lowest BCUT2D eigenvalue weighted by Gasteiger charge is -2.09. The second kappa shape index (κ2) is 5.11. The van der Waals surface area contributed by atoms with E-state index in [4.69, 9.17) is 23.2 Å². The number of rotatable bonds is 2. The Kier molecular flexibility index (Phi) is 3.69. The number of phenolic OH excluding ortho intramolecular Hbond substituents is 2. The third kappa shape index (κ3) is 2.53. The number of halogens is 2. The molecule has 5 heteroatoms. The fourth-order valence-corrected chi connectivity index (χ4v) is 2.34. The minimum Gasteiger partial charge on any atom is -0.504 e. The zero-order chi connectivity index (χ0) is 14.2. The van der Waals surface area contributed by atoms with Crippen LogP contribution < -0.4 is 0 Å². The molecule has 2 N–H and O–H groups in total. The maximum Gasteiger partial charge on any atom is 0.196 e. The van der Waals surface area contributed by atoms with Crippen molar-refractivity contribution in [3.8, 4) is 11.5 Å². The van der Waals surface area contributed by atoms with Gasteiger partial charge in [0.05, 0.1) is 15.6 Å². The predicted molar refractivity (Wildman–Crippen MR) is 74.4 cm³/mol. The van der Waals surface area contributed by atoms with Crippen LogP contribution in [0.1, 0.15) is 21.5 Å². The first-order chi connectivity index (χ1) is 8.91. The Morgan fingerprint density at radius 2 is 1.58 bits per heavy atom. The van der Waals surface area contributed by atoms with Crippen molar-refractivity contribution < 1.29 is 15.0 Å². The number of phenols is 2. The molecule has 19 heavy (non-hydrogen) atoms.